The summed E-state index contributed by atoms with van der Waals surface area (Å²) in [6, 6.07) is 5.56. The molecule has 4 nitrogen and oxygen atoms in total. The molecule has 0 unspecified atom stereocenters. The normalized spacial score (nSPS) is 11.9. The molecular formula is C15H24ClNO3S. The van der Waals surface area contributed by atoms with Crippen LogP contribution in [-0.2, 0) is 16.4 Å². The summed E-state index contributed by atoms with van der Waals surface area (Å²) in [7, 11) is -3.08. The molecule has 0 amide bonds. The molecule has 0 aliphatic rings. The summed E-state index contributed by atoms with van der Waals surface area (Å²) >= 11 is 6.15. The van der Waals surface area contributed by atoms with E-state index >= 15 is 0 Å². The zero-order valence-electron chi connectivity index (χ0n) is 12.9. The second-order valence-electron chi connectivity index (χ2n) is 5.21. The highest BCUT2D eigenvalue weighted by Crippen LogP contribution is 2.25. The maximum Gasteiger partial charge on any atom is 0.155 e. The molecule has 0 bridgehead atoms. The van der Waals surface area contributed by atoms with Crippen molar-refractivity contribution in [2.24, 2.45) is 0 Å². The summed E-state index contributed by atoms with van der Waals surface area (Å²) < 4.78 is 28.8. The number of nitrogens with one attached hydrogen (secondary N) is 1. The molecule has 1 aromatic carbocycles. The third-order valence-corrected chi connectivity index (χ3v) is 5.56. The van der Waals surface area contributed by atoms with Crippen LogP contribution in [0.2, 0.25) is 5.02 Å². The van der Waals surface area contributed by atoms with Gasteiger partial charge in [-0.2, -0.15) is 0 Å². The number of benzene rings is 1. The van der Waals surface area contributed by atoms with Crippen LogP contribution in [-0.4, -0.2) is 32.6 Å². The van der Waals surface area contributed by atoms with Crippen LogP contribution in [0.5, 0.6) is 5.75 Å². The quantitative estimate of drug-likeness (QED) is 0.706. The second kappa shape index (κ2) is 8.61. The van der Waals surface area contributed by atoms with Crippen LogP contribution in [0.1, 0.15) is 32.8 Å². The number of sulfone groups is 1. The number of halogens is 1. The van der Waals surface area contributed by atoms with Crippen molar-refractivity contribution >= 4 is 21.4 Å². The lowest BCUT2D eigenvalue weighted by Gasteiger charge is -2.11. The Balaban J connectivity index is 2.53. The Hall–Kier alpha value is -0.780. The monoisotopic (exact) mass is 333 g/mol. The van der Waals surface area contributed by atoms with Gasteiger partial charge in [-0.05, 0) is 44.5 Å². The molecule has 0 spiro atoms. The predicted octanol–water partition coefficient (Wildman–Crippen LogP) is 3.04. The van der Waals surface area contributed by atoms with Crippen molar-refractivity contribution in [1.29, 1.82) is 0 Å². The van der Waals surface area contributed by atoms with Crippen molar-refractivity contribution in [2.75, 3.05) is 18.9 Å². The molecule has 21 heavy (non-hydrogen) atoms. The minimum Gasteiger partial charge on any atom is -0.491 e. The third-order valence-electron chi connectivity index (χ3n) is 3.10. The van der Waals surface area contributed by atoms with Gasteiger partial charge >= 0.3 is 0 Å². The van der Waals surface area contributed by atoms with E-state index in [-0.39, 0.29) is 17.6 Å². The van der Waals surface area contributed by atoms with Gasteiger partial charge < -0.3 is 10.1 Å². The maximum absolute atomic E-state index is 11.7. The lowest BCUT2D eigenvalue weighted by molar-refractivity contribution is 0.340. The molecule has 0 aromatic heterocycles. The topological polar surface area (TPSA) is 55.4 Å². The van der Waals surface area contributed by atoms with Crippen LogP contribution in [0.15, 0.2) is 18.2 Å². The van der Waals surface area contributed by atoms with Crippen LogP contribution in [0.3, 0.4) is 0 Å². The van der Waals surface area contributed by atoms with Gasteiger partial charge in [0, 0.05) is 6.54 Å². The highest BCUT2D eigenvalue weighted by atomic mass is 35.5. The van der Waals surface area contributed by atoms with Gasteiger partial charge in [0.2, 0.25) is 0 Å². The van der Waals surface area contributed by atoms with Crippen LogP contribution < -0.4 is 10.1 Å². The van der Waals surface area contributed by atoms with Gasteiger partial charge in [-0.15, -0.1) is 0 Å². The zero-order valence-corrected chi connectivity index (χ0v) is 14.4. The minimum absolute atomic E-state index is 0.000796. The van der Waals surface area contributed by atoms with Gasteiger partial charge in [0.1, 0.15) is 12.4 Å². The van der Waals surface area contributed by atoms with Crippen molar-refractivity contribution in [1.82, 2.24) is 5.32 Å². The molecule has 0 fully saturated rings. The van der Waals surface area contributed by atoms with Crippen LogP contribution in [0, 0.1) is 0 Å². The fraction of sp³-hybridized carbons (Fsp3) is 0.600. The fourth-order valence-electron chi connectivity index (χ4n) is 1.68. The van der Waals surface area contributed by atoms with E-state index in [9.17, 15) is 8.42 Å². The van der Waals surface area contributed by atoms with Gasteiger partial charge in [0.25, 0.3) is 0 Å². The van der Waals surface area contributed by atoms with Gasteiger partial charge in [0.05, 0.1) is 16.0 Å². The average Bonchev–Trinajstić information content (AvgIpc) is 2.41. The van der Waals surface area contributed by atoms with Crippen LogP contribution in [0.4, 0.5) is 0 Å². The first kappa shape index (κ1) is 18.3. The zero-order chi connectivity index (χ0) is 15.9. The molecule has 0 radical (unpaired) electrons. The Morgan fingerprint density at radius 1 is 1.33 bits per heavy atom. The first-order valence-electron chi connectivity index (χ1n) is 7.20. The van der Waals surface area contributed by atoms with Crippen molar-refractivity contribution in [3.8, 4) is 5.75 Å². The van der Waals surface area contributed by atoms with Crippen molar-refractivity contribution < 1.29 is 13.2 Å². The van der Waals surface area contributed by atoms with Gasteiger partial charge in [-0.25, -0.2) is 8.42 Å². The minimum atomic E-state index is -3.08. The molecule has 0 aliphatic carbocycles. The highest BCUT2D eigenvalue weighted by molar-refractivity contribution is 7.91. The predicted molar refractivity (Wildman–Crippen MR) is 87.9 cm³/mol. The van der Waals surface area contributed by atoms with E-state index in [0.717, 1.165) is 25.1 Å². The number of hydrogen-bond acceptors (Lipinski definition) is 4. The standard InChI is InChI=1S/C15H24ClNO3S/c1-4-7-17-11-13-5-6-15(14(16)10-13)20-8-9-21(18,19)12(2)3/h5-6,10,12,17H,4,7-9,11H2,1-3H3. The van der Waals surface area contributed by atoms with E-state index in [0.29, 0.717) is 10.8 Å². The lowest BCUT2D eigenvalue weighted by atomic mass is 10.2. The SMILES string of the molecule is CCCNCc1ccc(OCCS(=O)(=O)C(C)C)c(Cl)c1. The Kier molecular flexibility index (Phi) is 7.49. The molecule has 1 N–H and O–H groups in total. The highest BCUT2D eigenvalue weighted by Gasteiger charge is 2.16. The van der Waals surface area contributed by atoms with E-state index in [1.165, 1.54) is 0 Å². The second-order valence-corrected chi connectivity index (χ2v) is 8.29. The van der Waals surface area contributed by atoms with Crippen molar-refractivity contribution in [2.45, 2.75) is 39.0 Å². The molecule has 6 heteroatoms. The summed E-state index contributed by atoms with van der Waals surface area (Å²) in [5.41, 5.74) is 1.08. The largest absolute Gasteiger partial charge is 0.491 e. The number of ether oxygens (including phenoxy) is 1. The lowest BCUT2D eigenvalue weighted by Crippen LogP contribution is -2.22. The van der Waals surface area contributed by atoms with Crippen LogP contribution in [0.25, 0.3) is 0 Å². The number of rotatable bonds is 9. The summed E-state index contributed by atoms with van der Waals surface area (Å²) in [5, 5.41) is 3.42. The van der Waals surface area contributed by atoms with E-state index < -0.39 is 9.84 Å². The van der Waals surface area contributed by atoms with Gasteiger partial charge in [-0.3, -0.25) is 0 Å². The molecule has 1 rings (SSSR count). The van der Waals surface area contributed by atoms with E-state index in [4.69, 9.17) is 16.3 Å². The van der Waals surface area contributed by atoms with Crippen molar-refractivity contribution in [3.05, 3.63) is 28.8 Å². The first-order chi connectivity index (χ1) is 9.86. The van der Waals surface area contributed by atoms with E-state index in [2.05, 4.69) is 12.2 Å². The molecule has 1 aromatic rings. The first-order valence-corrected chi connectivity index (χ1v) is 9.29. The van der Waals surface area contributed by atoms with Crippen molar-refractivity contribution in [3.63, 3.8) is 0 Å². The molecular weight excluding hydrogens is 310 g/mol. The Morgan fingerprint density at radius 2 is 2.05 bits per heavy atom. The molecule has 0 saturated carbocycles. The van der Waals surface area contributed by atoms with E-state index in [1.807, 2.05) is 12.1 Å². The molecule has 120 valence electrons. The average molecular weight is 334 g/mol. The van der Waals surface area contributed by atoms with Gasteiger partial charge in [-0.1, -0.05) is 24.6 Å². The molecule has 0 heterocycles. The van der Waals surface area contributed by atoms with E-state index in [1.54, 1.807) is 19.9 Å². The smallest absolute Gasteiger partial charge is 0.155 e. The summed E-state index contributed by atoms with van der Waals surface area (Å²) in [6.45, 7) is 7.29. The molecule has 0 aliphatic heterocycles. The Labute approximate surface area is 132 Å². The summed E-state index contributed by atoms with van der Waals surface area (Å²) in [5.74, 6) is 0.524. The van der Waals surface area contributed by atoms with Crippen LogP contribution >= 0.6 is 11.6 Å². The van der Waals surface area contributed by atoms with Gasteiger partial charge in [0.15, 0.2) is 9.84 Å². The third kappa shape index (κ3) is 6.24. The fourth-order valence-corrected chi connectivity index (χ4v) is 2.73. The Bertz CT molecular complexity index is 544. The maximum atomic E-state index is 11.7. The molecule has 0 atom stereocenters. The molecule has 0 saturated heterocycles. The number of hydrogen-bond donors (Lipinski definition) is 1. The summed E-state index contributed by atoms with van der Waals surface area (Å²) in [4.78, 5) is 0. The Morgan fingerprint density at radius 3 is 2.62 bits per heavy atom. The summed E-state index contributed by atoms with van der Waals surface area (Å²) in [6.07, 6.45) is 1.08.